The first kappa shape index (κ1) is 20.7. The van der Waals surface area contributed by atoms with Crippen LogP contribution in [0.5, 0.6) is 0 Å². The van der Waals surface area contributed by atoms with Gasteiger partial charge in [-0.3, -0.25) is 0 Å². The second kappa shape index (κ2) is 16.1. The molecular formula is C21H42. The third-order valence-corrected chi connectivity index (χ3v) is 4.69. The van der Waals surface area contributed by atoms with Gasteiger partial charge in [-0.25, -0.2) is 0 Å². The third kappa shape index (κ3) is 14.4. The van der Waals surface area contributed by atoms with Gasteiger partial charge in [0.2, 0.25) is 0 Å². The van der Waals surface area contributed by atoms with Crippen molar-refractivity contribution >= 4 is 0 Å². The van der Waals surface area contributed by atoms with Crippen LogP contribution in [0, 0.1) is 5.92 Å². The fourth-order valence-electron chi connectivity index (χ4n) is 3.27. The maximum absolute atomic E-state index is 4.29. The van der Waals surface area contributed by atoms with E-state index in [2.05, 4.69) is 27.4 Å². The van der Waals surface area contributed by atoms with Gasteiger partial charge in [0, 0.05) is 0 Å². The van der Waals surface area contributed by atoms with Crippen LogP contribution in [0.25, 0.3) is 0 Å². The molecule has 0 aromatic heterocycles. The molecule has 0 amide bonds. The van der Waals surface area contributed by atoms with Crippen molar-refractivity contribution in [3.8, 4) is 0 Å². The van der Waals surface area contributed by atoms with Crippen molar-refractivity contribution in [2.75, 3.05) is 0 Å². The Hall–Kier alpha value is -0.260. The minimum absolute atomic E-state index is 0.985. The van der Waals surface area contributed by atoms with Crippen LogP contribution in [-0.2, 0) is 0 Å². The minimum Gasteiger partial charge on any atom is -0.0999 e. The van der Waals surface area contributed by atoms with Crippen LogP contribution in [0.2, 0.25) is 0 Å². The summed E-state index contributed by atoms with van der Waals surface area (Å²) < 4.78 is 0. The molecule has 0 fully saturated rings. The van der Waals surface area contributed by atoms with Gasteiger partial charge in [0.15, 0.2) is 0 Å². The number of hydrogen-bond donors (Lipinski definition) is 0. The fraction of sp³-hybridized carbons (Fsp3) is 0.905. The molecule has 0 saturated carbocycles. The molecule has 0 heteroatoms. The van der Waals surface area contributed by atoms with Gasteiger partial charge in [-0.1, -0.05) is 104 Å². The van der Waals surface area contributed by atoms with Crippen molar-refractivity contribution in [3.05, 3.63) is 12.2 Å². The molecule has 0 aliphatic heterocycles. The molecule has 1 unspecified atom stereocenters. The fourth-order valence-corrected chi connectivity index (χ4v) is 3.27. The molecule has 1 atom stereocenters. The van der Waals surface area contributed by atoms with Crippen molar-refractivity contribution in [2.24, 2.45) is 5.92 Å². The average molecular weight is 295 g/mol. The van der Waals surface area contributed by atoms with E-state index in [4.69, 9.17) is 0 Å². The van der Waals surface area contributed by atoms with Gasteiger partial charge in [-0.05, 0) is 31.6 Å². The molecule has 126 valence electrons. The highest BCUT2D eigenvalue weighted by Gasteiger charge is 2.07. The van der Waals surface area contributed by atoms with E-state index in [-0.39, 0.29) is 0 Å². The standard InChI is InChI=1S/C21H42/c1-5-8-10-11-13-16-20(4)17-14-19-21(15-7-3)18-12-9-6-2/h21H,4-19H2,1-3H3. The zero-order valence-corrected chi connectivity index (χ0v) is 15.4. The number of unbranched alkanes of at least 4 members (excludes halogenated alkanes) is 6. The van der Waals surface area contributed by atoms with Gasteiger partial charge in [-0.2, -0.15) is 0 Å². The number of rotatable bonds is 16. The maximum Gasteiger partial charge on any atom is -0.0323 e. The van der Waals surface area contributed by atoms with Crippen LogP contribution in [0.1, 0.15) is 117 Å². The molecule has 0 rings (SSSR count). The van der Waals surface area contributed by atoms with Crippen LogP contribution in [0.15, 0.2) is 12.2 Å². The Morgan fingerprint density at radius 1 is 0.619 bits per heavy atom. The predicted octanol–water partition coefficient (Wildman–Crippen LogP) is 8.07. The summed E-state index contributed by atoms with van der Waals surface area (Å²) in [6.45, 7) is 11.2. The zero-order chi connectivity index (χ0) is 15.8. The highest BCUT2D eigenvalue weighted by atomic mass is 14.1. The van der Waals surface area contributed by atoms with Crippen molar-refractivity contribution < 1.29 is 0 Å². The second-order valence-corrected chi connectivity index (χ2v) is 6.96. The number of hydrogen-bond acceptors (Lipinski definition) is 0. The molecule has 0 saturated heterocycles. The van der Waals surface area contributed by atoms with Crippen LogP contribution in [0.3, 0.4) is 0 Å². The summed E-state index contributed by atoms with van der Waals surface area (Å²) in [6.07, 6.45) is 20.8. The lowest BCUT2D eigenvalue weighted by molar-refractivity contribution is 0.387. The minimum atomic E-state index is 0.985. The Morgan fingerprint density at radius 2 is 1.19 bits per heavy atom. The molecule has 0 aliphatic rings. The van der Waals surface area contributed by atoms with Crippen LogP contribution in [-0.4, -0.2) is 0 Å². The van der Waals surface area contributed by atoms with Gasteiger partial charge in [-0.15, -0.1) is 0 Å². The van der Waals surface area contributed by atoms with Crippen molar-refractivity contribution in [3.63, 3.8) is 0 Å². The van der Waals surface area contributed by atoms with E-state index in [1.54, 1.807) is 0 Å². The lowest BCUT2D eigenvalue weighted by atomic mass is 9.90. The van der Waals surface area contributed by atoms with Crippen molar-refractivity contribution in [1.82, 2.24) is 0 Å². The molecule has 0 spiro atoms. The lowest BCUT2D eigenvalue weighted by Gasteiger charge is -2.16. The quantitative estimate of drug-likeness (QED) is 0.199. The van der Waals surface area contributed by atoms with E-state index in [0.29, 0.717) is 0 Å². The molecule has 0 radical (unpaired) electrons. The highest BCUT2D eigenvalue weighted by Crippen LogP contribution is 2.23. The summed E-state index contributed by atoms with van der Waals surface area (Å²) in [7, 11) is 0. The van der Waals surface area contributed by atoms with Crippen LogP contribution in [0.4, 0.5) is 0 Å². The Labute approximate surface area is 135 Å². The molecule has 0 N–H and O–H groups in total. The summed E-state index contributed by atoms with van der Waals surface area (Å²) >= 11 is 0. The zero-order valence-electron chi connectivity index (χ0n) is 15.4. The van der Waals surface area contributed by atoms with Crippen molar-refractivity contribution in [2.45, 2.75) is 117 Å². The summed E-state index contributed by atoms with van der Waals surface area (Å²) in [5, 5.41) is 0. The Bertz CT molecular complexity index is 216. The average Bonchev–Trinajstić information content (AvgIpc) is 2.47. The maximum atomic E-state index is 4.29. The molecule has 0 aliphatic carbocycles. The van der Waals surface area contributed by atoms with E-state index in [1.165, 1.54) is 102 Å². The third-order valence-electron chi connectivity index (χ3n) is 4.69. The number of allylic oxidation sites excluding steroid dienone is 1. The predicted molar refractivity (Wildman–Crippen MR) is 98.9 cm³/mol. The molecule has 21 heavy (non-hydrogen) atoms. The Morgan fingerprint density at radius 3 is 1.86 bits per heavy atom. The molecular weight excluding hydrogens is 252 g/mol. The van der Waals surface area contributed by atoms with E-state index in [0.717, 1.165) is 5.92 Å². The molecule has 0 bridgehead atoms. The first-order valence-corrected chi connectivity index (χ1v) is 9.91. The first-order chi connectivity index (χ1) is 10.2. The van der Waals surface area contributed by atoms with E-state index >= 15 is 0 Å². The second-order valence-electron chi connectivity index (χ2n) is 6.96. The van der Waals surface area contributed by atoms with Crippen molar-refractivity contribution in [1.29, 1.82) is 0 Å². The SMILES string of the molecule is C=C(CCCCCCC)CCCC(CCC)CCCCC. The Balaban J connectivity index is 3.59. The summed E-state index contributed by atoms with van der Waals surface area (Å²) in [5.74, 6) is 0.985. The van der Waals surface area contributed by atoms with Gasteiger partial charge in [0.25, 0.3) is 0 Å². The van der Waals surface area contributed by atoms with Gasteiger partial charge < -0.3 is 0 Å². The first-order valence-electron chi connectivity index (χ1n) is 9.91. The highest BCUT2D eigenvalue weighted by molar-refractivity contribution is 4.93. The summed E-state index contributed by atoms with van der Waals surface area (Å²) in [6, 6.07) is 0. The molecule has 0 aromatic rings. The van der Waals surface area contributed by atoms with Crippen LogP contribution >= 0.6 is 0 Å². The largest absolute Gasteiger partial charge is 0.0999 e. The van der Waals surface area contributed by atoms with E-state index < -0.39 is 0 Å². The topological polar surface area (TPSA) is 0 Å². The monoisotopic (exact) mass is 294 g/mol. The molecule has 0 nitrogen and oxygen atoms in total. The molecule has 0 heterocycles. The molecule has 0 aromatic carbocycles. The Kier molecular flexibility index (Phi) is 15.9. The van der Waals surface area contributed by atoms with E-state index in [1.807, 2.05) is 0 Å². The summed E-state index contributed by atoms with van der Waals surface area (Å²) in [4.78, 5) is 0. The van der Waals surface area contributed by atoms with E-state index in [9.17, 15) is 0 Å². The summed E-state index contributed by atoms with van der Waals surface area (Å²) in [5.41, 5.74) is 1.51. The van der Waals surface area contributed by atoms with Gasteiger partial charge >= 0.3 is 0 Å². The normalized spacial score (nSPS) is 12.5. The smallest absolute Gasteiger partial charge is 0.0323 e. The van der Waals surface area contributed by atoms with Crippen LogP contribution < -0.4 is 0 Å². The van der Waals surface area contributed by atoms with Gasteiger partial charge in [0.05, 0.1) is 0 Å². The lowest BCUT2D eigenvalue weighted by Crippen LogP contribution is -2.01. The van der Waals surface area contributed by atoms with Gasteiger partial charge in [0.1, 0.15) is 0 Å².